The number of carbonyl (C=O) groups is 2. The SMILES string of the molecule is CCCOc1ccc(/C(O)=C2\C(=O)C(=O)N(Cc3ccccn3)C2c2ccccc2F)cc1C. The fraction of sp³-hybridized carbons (Fsp3) is 0.222. The van der Waals surface area contributed by atoms with Crippen LogP contribution in [0, 0.1) is 12.7 Å². The molecule has 0 radical (unpaired) electrons. The van der Waals surface area contributed by atoms with E-state index in [0.717, 1.165) is 12.0 Å². The first-order chi connectivity index (χ1) is 16.4. The van der Waals surface area contributed by atoms with E-state index in [9.17, 15) is 19.1 Å². The van der Waals surface area contributed by atoms with Gasteiger partial charge in [-0.25, -0.2) is 4.39 Å². The van der Waals surface area contributed by atoms with Gasteiger partial charge >= 0.3 is 0 Å². The van der Waals surface area contributed by atoms with Gasteiger partial charge < -0.3 is 14.7 Å². The molecule has 1 aliphatic heterocycles. The smallest absolute Gasteiger partial charge is 0.296 e. The summed E-state index contributed by atoms with van der Waals surface area (Å²) in [4.78, 5) is 31.7. The van der Waals surface area contributed by atoms with Gasteiger partial charge in [-0.3, -0.25) is 14.6 Å². The van der Waals surface area contributed by atoms with Crippen LogP contribution in [-0.2, 0) is 16.1 Å². The van der Waals surface area contributed by atoms with Crippen molar-refractivity contribution >= 4 is 17.4 Å². The number of hydrogen-bond acceptors (Lipinski definition) is 5. The van der Waals surface area contributed by atoms with Crippen molar-refractivity contribution in [3.05, 3.63) is 101 Å². The summed E-state index contributed by atoms with van der Waals surface area (Å²) in [5.74, 6) is -1.96. The molecule has 1 aliphatic rings. The summed E-state index contributed by atoms with van der Waals surface area (Å²) in [5, 5.41) is 11.2. The number of hydrogen-bond donors (Lipinski definition) is 1. The Hall–Kier alpha value is -4.00. The van der Waals surface area contributed by atoms with Gasteiger partial charge in [-0.1, -0.05) is 31.2 Å². The third kappa shape index (κ3) is 4.41. The molecule has 1 N–H and O–H groups in total. The van der Waals surface area contributed by atoms with Crippen LogP contribution in [-0.4, -0.2) is 33.3 Å². The number of halogens is 1. The molecule has 1 unspecified atom stereocenters. The molecule has 0 spiro atoms. The normalized spacial score (nSPS) is 17.3. The topological polar surface area (TPSA) is 79.7 Å². The summed E-state index contributed by atoms with van der Waals surface area (Å²) in [6, 6.07) is 15.1. The average Bonchev–Trinajstić information content (AvgIpc) is 3.08. The van der Waals surface area contributed by atoms with Crippen molar-refractivity contribution in [3.8, 4) is 5.75 Å². The van der Waals surface area contributed by atoms with E-state index in [1.807, 2.05) is 13.8 Å². The first-order valence-corrected chi connectivity index (χ1v) is 11.1. The van der Waals surface area contributed by atoms with Gasteiger partial charge in [0.25, 0.3) is 11.7 Å². The Morgan fingerprint density at radius 2 is 1.88 bits per heavy atom. The number of likely N-dealkylation sites (tertiary alicyclic amines) is 1. The van der Waals surface area contributed by atoms with Crippen LogP contribution in [0.4, 0.5) is 4.39 Å². The Labute approximate surface area is 197 Å². The Bertz CT molecular complexity index is 1260. The van der Waals surface area contributed by atoms with Gasteiger partial charge in [0, 0.05) is 17.3 Å². The molecule has 4 rings (SSSR count). The maximum Gasteiger partial charge on any atom is 0.296 e. The number of benzene rings is 2. The molecule has 34 heavy (non-hydrogen) atoms. The first-order valence-electron chi connectivity index (χ1n) is 11.1. The fourth-order valence-corrected chi connectivity index (χ4v) is 4.06. The van der Waals surface area contributed by atoms with Crippen LogP contribution >= 0.6 is 0 Å². The number of pyridine rings is 1. The number of ketones is 1. The Morgan fingerprint density at radius 1 is 1.12 bits per heavy atom. The number of aliphatic hydroxyl groups excluding tert-OH is 1. The average molecular weight is 461 g/mol. The van der Waals surface area contributed by atoms with E-state index in [2.05, 4.69) is 4.98 Å². The van der Waals surface area contributed by atoms with Crippen LogP contribution in [0.3, 0.4) is 0 Å². The molecule has 1 saturated heterocycles. The van der Waals surface area contributed by atoms with Gasteiger partial charge in [0.1, 0.15) is 17.3 Å². The number of aryl methyl sites for hydroxylation is 1. The molecule has 6 nitrogen and oxygen atoms in total. The summed E-state index contributed by atoms with van der Waals surface area (Å²) in [5.41, 5.74) is 1.62. The number of ether oxygens (including phenoxy) is 1. The second kappa shape index (κ2) is 9.87. The molecule has 174 valence electrons. The van der Waals surface area contributed by atoms with Crippen LogP contribution in [0.2, 0.25) is 0 Å². The van der Waals surface area contributed by atoms with E-state index < -0.39 is 23.5 Å². The van der Waals surface area contributed by atoms with Crippen LogP contribution in [0.1, 0.15) is 41.8 Å². The number of carbonyl (C=O) groups excluding carboxylic acids is 2. The van der Waals surface area contributed by atoms with Crippen molar-refractivity contribution in [3.63, 3.8) is 0 Å². The van der Waals surface area contributed by atoms with Crippen molar-refractivity contribution in [1.29, 1.82) is 0 Å². The van der Waals surface area contributed by atoms with Gasteiger partial charge in [0.15, 0.2) is 0 Å². The lowest BCUT2D eigenvalue weighted by atomic mass is 9.94. The molecule has 0 aliphatic carbocycles. The maximum absolute atomic E-state index is 14.9. The fourth-order valence-electron chi connectivity index (χ4n) is 4.06. The minimum atomic E-state index is -1.10. The van der Waals surface area contributed by atoms with E-state index in [1.165, 1.54) is 23.1 Å². The molecule has 2 aromatic carbocycles. The van der Waals surface area contributed by atoms with Crippen LogP contribution < -0.4 is 4.74 Å². The molecule has 0 saturated carbocycles. The number of aliphatic hydroxyl groups is 1. The Kier molecular flexibility index (Phi) is 6.72. The quantitative estimate of drug-likeness (QED) is 0.307. The highest BCUT2D eigenvalue weighted by atomic mass is 19.1. The van der Waals surface area contributed by atoms with E-state index in [4.69, 9.17) is 4.74 Å². The number of Topliss-reactive ketones (excluding diaryl/α,β-unsaturated/α-hetero) is 1. The first kappa shape index (κ1) is 23.2. The third-order valence-corrected chi connectivity index (χ3v) is 5.71. The van der Waals surface area contributed by atoms with Crippen LogP contribution in [0.25, 0.3) is 5.76 Å². The van der Waals surface area contributed by atoms with Crippen LogP contribution in [0.15, 0.2) is 72.4 Å². The van der Waals surface area contributed by atoms with Gasteiger partial charge in [0.05, 0.1) is 30.5 Å². The standard InChI is InChI=1S/C27H25FN2O4/c1-3-14-34-22-12-11-18(15-17(22)2)25(31)23-24(20-9-4-5-10-21(20)28)30(27(33)26(23)32)16-19-8-6-7-13-29-19/h4-13,15,24,31H,3,14,16H2,1-2H3/b25-23+. The summed E-state index contributed by atoms with van der Waals surface area (Å²) in [6.45, 7) is 4.38. The number of rotatable bonds is 7. The third-order valence-electron chi connectivity index (χ3n) is 5.71. The van der Waals surface area contributed by atoms with Gasteiger partial charge in [-0.15, -0.1) is 0 Å². The molecule has 1 amide bonds. The molecular weight excluding hydrogens is 435 g/mol. The molecule has 1 atom stereocenters. The monoisotopic (exact) mass is 460 g/mol. The zero-order chi connectivity index (χ0) is 24.2. The minimum Gasteiger partial charge on any atom is -0.507 e. The molecular formula is C27H25FN2O4. The molecule has 1 aromatic heterocycles. The van der Waals surface area contributed by atoms with Gasteiger partial charge in [0.2, 0.25) is 0 Å². The molecule has 1 fully saturated rings. The van der Waals surface area contributed by atoms with Crippen LogP contribution in [0.5, 0.6) is 5.75 Å². The Morgan fingerprint density at radius 3 is 2.56 bits per heavy atom. The largest absolute Gasteiger partial charge is 0.507 e. The van der Waals surface area contributed by atoms with E-state index in [1.54, 1.807) is 48.7 Å². The van der Waals surface area contributed by atoms with E-state index >= 15 is 0 Å². The van der Waals surface area contributed by atoms with Gasteiger partial charge in [-0.2, -0.15) is 0 Å². The maximum atomic E-state index is 14.9. The second-order valence-corrected chi connectivity index (χ2v) is 8.10. The predicted molar refractivity (Wildman–Crippen MR) is 125 cm³/mol. The van der Waals surface area contributed by atoms with E-state index in [-0.39, 0.29) is 23.4 Å². The minimum absolute atomic E-state index is 0.00990. The van der Waals surface area contributed by atoms with Crippen molar-refractivity contribution in [2.45, 2.75) is 32.9 Å². The highest BCUT2D eigenvalue weighted by molar-refractivity contribution is 6.46. The summed E-state index contributed by atoms with van der Waals surface area (Å²) in [7, 11) is 0. The summed E-state index contributed by atoms with van der Waals surface area (Å²) < 4.78 is 20.6. The van der Waals surface area contributed by atoms with Crippen molar-refractivity contribution in [2.75, 3.05) is 6.61 Å². The molecule has 3 aromatic rings. The van der Waals surface area contributed by atoms with Gasteiger partial charge in [-0.05, 0) is 55.3 Å². The molecule has 0 bridgehead atoms. The molecule has 2 heterocycles. The highest BCUT2D eigenvalue weighted by Gasteiger charge is 2.47. The van der Waals surface area contributed by atoms with Crippen molar-refractivity contribution in [2.24, 2.45) is 0 Å². The zero-order valence-corrected chi connectivity index (χ0v) is 19.0. The summed E-state index contributed by atoms with van der Waals surface area (Å²) >= 11 is 0. The molecule has 7 heteroatoms. The van der Waals surface area contributed by atoms with Crippen molar-refractivity contribution in [1.82, 2.24) is 9.88 Å². The van der Waals surface area contributed by atoms with Crippen molar-refractivity contribution < 1.29 is 23.8 Å². The highest BCUT2D eigenvalue weighted by Crippen LogP contribution is 2.41. The van der Waals surface area contributed by atoms with E-state index in [0.29, 0.717) is 23.6 Å². The lowest BCUT2D eigenvalue weighted by Gasteiger charge is -2.25. The lowest BCUT2D eigenvalue weighted by molar-refractivity contribution is -0.140. The number of aromatic nitrogens is 1. The number of nitrogens with zero attached hydrogens (tertiary/aromatic N) is 2. The lowest BCUT2D eigenvalue weighted by Crippen LogP contribution is -2.30. The summed E-state index contributed by atoms with van der Waals surface area (Å²) in [6.07, 6.45) is 2.43. The number of amides is 1. The predicted octanol–water partition coefficient (Wildman–Crippen LogP) is 4.94. The second-order valence-electron chi connectivity index (χ2n) is 8.10. The Balaban J connectivity index is 1.83. The zero-order valence-electron chi connectivity index (χ0n) is 19.0.